The summed E-state index contributed by atoms with van der Waals surface area (Å²) in [6, 6.07) is 0. The number of halogens is 3. The second kappa shape index (κ2) is 6.66. The van der Waals surface area contributed by atoms with Gasteiger partial charge in [-0.2, -0.15) is 13.2 Å². The van der Waals surface area contributed by atoms with Gasteiger partial charge < -0.3 is 20.1 Å². The van der Waals surface area contributed by atoms with Crippen molar-refractivity contribution in [2.45, 2.75) is 25.6 Å². The summed E-state index contributed by atoms with van der Waals surface area (Å²) < 4.78 is 43.3. The minimum absolute atomic E-state index is 0.166. The summed E-state index contributed by atoms with van der Waals surface area (Å²) in [7, 11) is 0. The van der Waals surface area contributed by atoms with Gasteiger partial charge in [0.2, 0.25) is 0 Å². The molecule has 21 heavy (non-hydrogen) atoms. The van der Waals surface area contributed by atoms with Gasteiger partial charge in [0.1, 0.15) is 0 Å². The number of ether oxygens (including phenoxy) is 1. The maximum atomic E-state index is 12.9. The van der Waals surface area contributed by atoms with E-state index in [4.69, 9.17) is 0 Å². The zero-order valence-electron chi connectivity index (χ0n) is 11.6. The lowest BCUT2D eigenvalue weighted by Gasteiger charge is -2.27. The first-order chi connectivity index (χ1) is 9.71. The van der Waals surface area contributed by atoms with Crippen LogP contribution in [0.25, 0.3) is 0 Å². The number of carbonyl (C=O) groups is 1. The van der Waals surface area contributed by atoms with Crippen molar-refractivity contribution in [2.75, 3.05) is 13.2 Å². The van der Waals surface area contributed by atoms with Crippen molar-refractivity contribution in [3.05, 3.63) is 35.9 Å². The average molecular weight is 306 g/mol. The van der Waals surface area contributed by atoms with Gasteiger partial charge in [0.05, 0.1) is 25.0 Å². The minimum atomic E-state index is -4.94. The van der Waals surface area contributed by atoms with E-state index < -0.39 is 24.2 Å². The van der Waals surface area contributed by atoms with E-state index in [9.17, 15) is 23.1 Å². The number of amides is 1. The summed E-state index contributed by atoms with van der Waals surface area (Å²) in [5, 5.41) is 11.7. The third kappa shape index (κ3) is 4.25. The second-order valence-corrected chi connectivity index (χ2v) is 4.41. The number of rotatable bonds is 6. The summed E-state index contributed by atoms with van der Waals surface area (Å²) >= 11 is 0. The highest BCUT2D eigenvalue weighted by Gasteiger charge is 2.52. The number of alkyl halides is 3. The summed E-state index contributed by atoms with van der Waals surface area (Å²) in [5.41, 5.74) is -2.39. The number of hydrogen-bond acceptors (Lipinski definition) is 3. The standard InChI is InChI=1S/C13H17F3N2O3/c1-3-21-5-4-12(20,13(14,15)16)8-18-11(19)10-7-17-6-9(10)2/h4-7,17,20H,3,8H2,1-2H3,(H,18,19)/b5-4+. The van der Waals surface area contributed by atoms with Crippen LogP contribution >= 0.6 is 0 Å². The van der Waals surface area contributed by atoms with Crippen LogP contribution in [0.4, 0.5) is 13.2 Å². The largest absolute Gasteiger partial charge is 0.502 e. The number of aromatic amines is 1. The van der Waals surface area contributed by atoms with E-state index in [1.54, 1.807) is 20.0 Å². The topological polar surface area (TPSA) is 74.3 Å². The number of aryl methyl sites for hydroxylation is 1. The fourth-order valence-electron chi connectivity index (χ4n) is 1.51. The second-order valence-electron chi connectivity index (χ2n) is 4.41. The highest BCUT2D eigenvalue weighted by molar-refractivity contribution is 5.95. The SMILES string of the molecule is CCO/C=C/C(O)(CNC(=O)c1c[nH]cc1C)C(F)(F)F. The van der Waals surface area contributed by atoms with E-state index in [0.717, 1.165) is 6.26 Å². The summed E-state index contributed by atoms with van der Waals surface area (Å²) in [6.45, 7) is 2.38. The van der Waals surface area contributed by atoms with Gasteiger partial charge in [-0.1, -0.05) is 0 Å². The summed E-state index contributed by atoms with van der Waals surface area (Å²) in [5.74, 6) is -0.707. The monoisotopic (exact) mass is 306 g/mol. The molecule has 1 aromatic rings. The zero-order chi connectivity index (χ0) is 16.1. The summed E-state index contributed by atoms with van der Waals surface area (Å²) in [6.07, 6.45) is -0.795. The first kappa shape index (κ1) is 17.1. The van der Waals surface area contributed by atoms with Crippen molar-refractivity contribution >= 4 is 5.91 Å². The molecule has 118 valence electrons. The van der Waals surface area contributed by atoms with Crippen LogP contribution in [0, 0.1) is 6.92 Å². The fraction of sp³-hybridized carbons (Fsp3) is 0.462. The molecule has 0 aliphatic rings. The van der Waals surface area contributed by atoms with Crippen LogP contribution in [0.5, 0.6) is 0 Å². The van der Waals surface area contributed by atoms with E-state index in [-0.39, 0.29) is 12.2 Å². The number of aromatic nitrogens is 1. The Bertz CT molecular complexity index is 511. The Kier molecular flexibility index (Phi) is 5.42. The Morgan fingerprint density at radius 2 is 2.14 bits per heavy atom. The Balaban J connectivity index is 2.79. The van der Waals surface area contributed by atoms with Gasteiger partial charge in [0.15, 0.2) is 5.60 Å². The van der Waals surface area contributed by atoms with Gasteiger partial charge in [-0.25, -0.2) is 0 Å². The Morgan fingerprint density at radius 1 is 1.48 bits per heavy atom. The summed E-state index contributed by atoms with van der Waals surface area (Å²) in [4.78, 5) is 14.4. The molecule has 1 heterocycles. The molecule has 0 spiro atoms. The molecule has 0 fully saturated rings. The van der Waals surface area contributed by atoms with Crippen molar-refractivity contribution in [3.63, 3.8) is 0 Å². The molecule has 1 unspecified atom stereocenters. The molecule has 0 aliphatic carbocycles. The quantitative estimate of drug-likeness (QED) is 0.703. The molecule has 0 bridgehead atoms. The number of hydrogen-bond donors (Lipinski definition) is 3. The van der Waals surface area contributed by atoms with E-state index >= 15 is 0 Å². The molecule has 0 aromatic carbocycles. The van der Waals surface area contributed by atoms with Crippen LogP contribution in [-0.2, 0) is 4.74 Å². The molecule has 0 aliphatic heterocycles. The van der Waals surface area contributed by atoms with Crippen LogP contribution in [0.3, 0.4) is 0 Å². The molecule has 8 heteroatoms. The van der Waals surface area contributed by atoms with E-state index in [1.807, 2.05) is 0 Å². The van der Waals surface area contributed by atoms with Gasteiger partial charge in [0, 0.05) is 12.4 Å². The molecular weight excluding hydrogens is 289 g/mol. The lowest BCUT2D eigenvalue weighted by atomic mass is 10.0. The van der Waals surface area contributed by atoms with Crippen LogP contribution in [0.1, 0.15) is 22.8 Å². The predicted octanol–water partition coefficient (Wildman–Crippen LogP) is 1.90. The first-order valence-electron chi connectivity index (χ1n) is 6.21. The Labute approximate surface area is 119 Å². The number of carbonyl (C=O) groups excluding carboxylic acids is 1. The Hall–Kier alpha value is -1.96. The van der Waals surface area contributed by atoms with Crippen LogP contribution < -0.4 is 5.32 Å². The number of nitrogens with one attached hydrogen (secondary N) is 2. The molecule has 1 atom stereocenters. The molecule has 1 amide bonds. The predicted molar refractivity (Wildman–Crippen MR) is 69.6 cm³/mol. The van der Waals surface area contributed by atoms with E-state index in [2.05, 4.69) is 15.0 Å². The lowest BCUT2D eigenvalue weighted by molar-refractivity contribution is -0.237. The van der Waals surface area contributed by atoms with E-state index in [1.165, 1.54) is 6.20 Å². The van der Waals surface area contributed by atoms with Crippen molar-refractivity contribution in [2.24, 2.45) is 0 Å². The van der Waals surface area contributed by atoms with Crippen LogP contribution in [0.2, 0.25) is 0 Å². The van der Waals surface area contributed by atoms with Crippen LogP contribution in [0.15, 0.2) is 24.7 Å². The molecule has 0 saturated heterocycles. The average Bonchev–Trinajstić information content (AvgIpc) is 2.81. The third-order valence-corrected chi connectivity index (χ3v) is 2.81. The van der Waals surface area contributed by atoms with Gasteiger partial charge in [0.25, 0.3) is 5.91 Å². The van der Waals surface area contributed by atoms with Crippen molar-refractivity contribution in [1.29, 1.82) is 0 Å². The molecule has 1 aromatic heterocycles. The van der Waals surface area contributed by atoms with Gasteiger partial charge >= 0.3 is 6.18 Å². The van der Waals surface area contributed by atoms with Crippen molar-refractivity contribution in [1.82, 2.24) is 10.3 Å². The van der Waals surface area contributed by atoms with Crippen LogP contribution in [-0.4, -0.2) is 40.9 Å². The van der Waals surface area contributed by atoms with Crippen molar-refractivity contribution < 1.29 is 27.8 Å². The zero-order valence-corrected chi connectivity index (χ0v) is 11.6. The normalized spacial score (nSPS) is 15.0. The Morgan fingerprint density at radius 3 is 2.62 bits per heavy atom. The van der Waals surface area contributed by atoms with E-state index in [0.29, 0.717) is 11.6 Å². The van der Waals surface area contributed by atoms with Gasteiger partial charge in [-0.15, -0.1) is 0 Å². The smallest absolute Gasteiger partial charge is 0.422 e. The van der Waals surface area contributed by atoms with Gasteiger partial charge in [-0.05, 0) is 25.5 Å². The maximum absolute atomic E-state index is 12.9. The lowest BCUT2D eigenvalue weighted by Crippen LogP contribution is -2.52. The maximum Gasteiger partial charge on any atom is 0.422 e. The molecule has 5 nitrogen and oxygen atoms in total. The number of aliphatic hydroxyl groups is 1. The highest BCUT2D eigenvalue weighted by Crippen LogP contribution is 2.31. The third-order valence-electron chi connectivity index (χ3n) is 2.81. The van der Waals surface area contributed by atoms with Gasteiger partial charge in [-0.3, -0.25) is 4.79 Å². The molecular formula is C13H17F3N2O3. The highest BCUT2D eigenvalue weighted by atomic mass is 19.4. The molecule has 3 N–H and O–H groups in total. The molecule has 0 saturated carbocycles. The molecule has 1 rings (SSSR count). The minimum Gasteiger partial charge on any atom is -0.502 e. The number of H-pyrrole nitrogens is 1. The fourth-order valence-corrected chi connectivity index (χ4v) is 1.51. The molecule has 0 radical (unpaired) electrons. The van der Waals surface area contributed by atoms with Crippen molar-refractivity contribution in [3.8, 4) is 0 Å². The first-order valence-corrected chi connectivity index (χ1v) is 6.21.